The van der Waals surface area contributed by atoms with E-state index in [0.29, 0.717) is 114 Å². The molecule has 520 valence electrons. The summed E-state index contributed by atoms with van der Waals surface area (Å²) in [4.78, 5) is 3.74. The monoisotopic (exact) mass is 1460 g/mol. The van der Waals surface area contributed by atoms with Gasteiger partial charge in [-0.15, -0.1) is 0 Å². The van der Waals surface area contributed by atoms with Crippen molar-refractivity contribution in [2.45, 2.75) is 73.2 Å². The number of benzene rings is 6. The Bertz CT molecular complexity index is 5350. The summed E-state index contributed by atoms with van der Waals surface area (Å²) in [6.07, 6.45) is 26.4. The fraction of sp³-hybridized carbons (Fsp3) is 0.189. The first-order valence-corrected chi connectivity index (χ1v) is 39.4. The van der Waals surface area contributed by atoms with E-state index in [2.05, 4.69) is 9.48 Å². The third-order valence-electron chi connectivity index (χ3n) is 16.8. The summed E-state index contributed by atoms with van der Waals surface area (Å²) in [7, 11) is -22.9. The minimum atomic E-state index is -4.61. The van der Waals surface area contributed by atoms with Crippen molar-refractivity contribution in [1.29, 1.82) is 0 Å². The SMILES string of the molecule is CCN(CC1=CC=CC(=S(=O)=O)C1)c1ccc(C(=C2C=CC(=[N+](CC)CC3=CC=CC(=S(=O)=O)C3)C=C2)c2ccccc2S(=O)(=O)O)cc1.CCN(Cc1cccc(S(=O)(=O)[O-])c1)c1ccc(C(=C2C=CC(=[N+](CC)Cc3cccc(S(=O)(=O)[O-])c3)C=C2)c2ccccc2S(=O)(=O)O)cc1. The second kappa shape index (κ2) is 32.8. The van der Waals surface area contributed by atoms with E-state index < -0.39 is 61.1 Å². The number of nitrogens with zero attached hydrogens (tertiary/aromatic N) is 4. The van der Waals surface area contributed by atoms with Crippen molar-refractivity contribution in [3.63, 3.8) is 0 Å². The molecule has 2 N–H and O–H groups in total. The molecular formula is C74H72N4O16S6. The molecule has 0 bridgehead atoms. The lowest BCUT2D eigenvalue weighted by molar-refractivity contribution is -0.539. The molecule has 0 amide bonds. The number of rotatable bonds is 22. The Kier molecular flexibility index (Phi) is 24.5. The van der Waals surface area contributed by atoms with Crippen molar-refractivity contribution in [3.05, 3.63) is 286 Å². The quantitative estimate of drug-likeness (QED) is 0.0362. The number of anilines is 2. The maximum absolute atomic E-state index is 12.5. The Morgan fingerprint density at radius 1 is 0.450 bits per heavy atom. The highest BCUT2D eigenvalue weighted by Gasteiger charge is 2.26. The van der Waals surface area contributed by atoms with Crippen LogP contribution in [0.4, 0.5) is 11.4 Å². The van der Waals surface area contributed by atoms with Gasteiger partial charge >= 0.3 is 0 Å². The standard InChI is InChI=1S/C37H36N2O9S3.C37H36N2O7S3/c1-3-38(25-27-9-7-11-33(23-27)49(40,41)42)31-19-15-29(16-20-31)37(35-13-5-6-14-36(35)51(46,47)48)30-17-21-32(22-18-30)39(4-2)26-28-10-8-12-34(24-28)50(43,44)45;1-3-38(25-27-9-7-11-33(23-27)47(40)41)31-19-15-29(16-20-31)37(35-13-5-6-14-36(35)49(44,45)46)30-17-21-32(22-18-30)39(4-2)26-28-10-8-12-34(24-28)48(42)43/h5-24H,3-4,25-26H2,1-2H3,(H2-,40,41,42,43,44,45,46,47,48);5-22H,3-4,23-26H2,1-2H3. The molecule has 10 rings (SSSR count). The number of hydrogen-bond acceptors (Lipinski definition) is 16. The molecule has 0 saturated carbocycles. The molecule has 0 atom stereocenters. The molecular weight excluding hydrogens is 1390 g/mol. The van der Waals surface area contributed by atoms with Crippen LogP contribution in [0.3, 0.4) is 0 Å². The molecule has 4 aliphatic rings. The van der Waals surface area contributed by atoms with Gasteiger partial charge in [0.2, 0.25) is 20.6 Å². The van der Waals surface area contributed by atoms with Gasteiger partial charge in [-0.1, -0.05) is 109 Å². The van der Waals surface area contributed by atoms with Gasteiger partial charge in [-0.05, 0) is 175 Å². The van der Waals surface area contributed by atoms with E-state index in [1.807, 2.05) is 146 Å². The molecule has 4 aliphatic carbocycles. The Hall–Kier alpha value is -9.32. The van der Waals surface area contributed by atoms with E-state index >= 15 is 0 Å². The first kappa shape index (κ1) is 74.9. The zero-order valence-electron chi connectivity index (χ0n) is 54.9. The topological polar surface area (TPSA) is 304 Å². The molecule has 20 nitrogen and oxygen atoms in total. The largest absolute Gasteiger partial charge is 0.744 e. The zero-order valence-corrected chi connectivity index (χ0v) is 59.8. The summed E-state index contributed by atoms with van der Waals surface area (Å²) in [6.45, 7) is 12.1. The van der Waals surface area contributed by atoms with Crippen LogP contribution < -0.4 is 9.80 Å². The lowest BCUT2D eigenvalue weighted by Crippen LogP contribution is -2.26. The van der Waals surface area contributed by atoms with Gasteiger partial charge in [0.05, 0.1) is 19.5 Å². The summed E-state index contributed by atoms with van der Waals surface area (Å²) >= 11 is 0. The van der Waals surface area contributed by atoms with Crippen molar-refractivity contribution in [2.75, 3.05) is 49.1 Å². The number of hydrogen-bond donors (Lipinski definition) is 2. The van der Waals surface area contributed by atoms with Gasteiger partial charge in [0.25, 0.3) is 20.2 Å². The lowest BCUT2D eigenvalue weighted by Gasteiger charge is -2.26. The van der Waals surface area contributed by atoms with Gasteiger partial charge in [0.1, 0.15) is 43.1 Å². The average Bonchev–Trinajstić information content (AvgIpc) is 0.784. The molecule has 0 unspecified atom stereocenters. The van der Waals surface area contributed by atoms with Crippen LogP contribution in [0.15, 0.2) is 273 Å². The smallest absolute Gasteiger partial charge is 0.295 e. The van der Waals surface area contributed by atoms with E-state index in [9.17, 15) is 68.7 Å². The maximum atomic E-state index is 12.5. The van der Waals surface area contributed by atoms with Crippen molar-refractivity contribution in [3.8, 4) is 0 Å². The summed E-state index contributed by atoms with van der Waals surface area (Å²) in [5.41, 5.74) is 11.2. The molecule has 0 saturated heterocycles. The van der Waals surface area contributed by atoms with E-state index in [1.54, 1.807) is 66.8 Å². The minimum Gasteiger partial charge on any atom is -0.744 e. The van der Waals surface area contributed by atoms with Crippen molar-refractivity contribution < 1.29 is 77.9 Å². The van der Waals surface area contributed by atoms with Crippen LogP contribution in [0.1, 0.15) is 73.9 Å². The lowest BCUT2D eigenvalue weighted by atomic mass is 9.90. The summed E-state index contributed by atoms with van der Waals surface area (Å²) < 4.78 is 190. The average molecular weight is 1470 g/mol. The van der Waals surface area contributed by atoms with Crippen LogP contribution in [-0.2, 0) is 74.1 Å². The van der Waals surface area contributed by atoms with Gasteiger partial charge in [-0.25, -0.2) is 26.0 Å². The van der Waals surface area contributed by atoms with Crippen LogP contribution in [0.5, 0.6) is 0 Å². The Morgan fingerprint density at radius 2 is 0.840 bits per heavy atom. The van der Waals surface area contributed by atoms with Crippen molar-refractivity contribution in [1.82, 2.24) is 0 Å². The molecule has 0 spiro atoms. The van der Waals surface area contributed by atoms with E-state index in [0.717, 1.165) is 45.1 Å². The fourth-order valence-electron chi connectivity index (χ4n) is 11.9. The van der Waals surface area contributed by atoms with Crippen molar-refractivity contribution >= 4 is 105 Å². The third-order valence-corrected chi connectivity index (χ3v) is 21.8. The van der Waals surface area contributed by atoms with E-state index in [-0.39, 0.29) is 25.1 Å². The summed E-state index contributed by atoms with van der Waals surface area (Å²) in [6, 6.07) is 39.3. The molecule has 0 aliphatic heterocycles. The van der Waals surface area contributed by atoms with Crippen LogP contribution in [0.2, 0.25) is 0 Å². The zero-order chi connectivity index (χ0) is 72.1. The predicted octanol–water partition coefficient (Wildman–Crippen LogP) is 10.4. The van der Waals surface area contributed by atoms with Crippen LogP contribution in [-0.4, -0.2) is 138 Å². The van der Waals surface area contributed by atoms with Crippen molar-refractivity contribution in [2.24, 2.45) is 0 Å². The molecule has 0 fully saturated rings. The van der Waals surface area contributed by atoms with E-state index in [4.69, 9.17) is 0 Å². The first-order valence-electron chi connectivity index (χ1n) is 31.6. The highest BCUT2D eigenvalue weighted by atomic mass is 32.2. The minimum absolute atomic E-state index is 0.205. The van der Waals surface area contributed by atoms with Crippen LogP contribution in [0, 0.1) is 0 Å². The van der Waals surface area contributed by atoms with Gasteiger partial charge in [-0.2, -0.15) is 33.7 Å². The fourth-order valence-corrected chi connectivity index (χ4v) is 15.4. The van der Waals surface area contributed by atoms with Gasteiger partial charge in [0.15, 0.2) is 24.5 Å². The number of likely N-dealkylation sites (N-methyl/N-ethyl adjacent to an activating group) is 2. The second-order valence-electron chi connectivity index (χ2n) is 23.3. The molecule has 6 aromatic rings. The second-order valence-corrected chi connectivity index (χ2v) is 30.8. The Balaban J connectivity index is 0.000000233. The van der Waals surface area contributed by atoms with Crippen LogP contribution >= 0.6 is 0 Å². The highest BCUT2D eigenvalue weighted by Crippen LogP contribution is 2.37. The Labute approximate surface area is 587 Å². The maximum Gasteiger partial charge on any atom is 0.295 e. The molecule has 0 heterocycles. The number of allylic oxidation sites excluding steroid dienone is 16. The van der Waals surface area contributed by atoms with Crippen LogP contribution in [0.25, 0.3) is 11.1 Å². The third kappa shape index (κ3) is 19.2. The van der Waals surface area contributed by atoms with E-state index in [1.165, 1.54) is 54.6 Å². The van der Waals surface area contributed by atoms with Gasteiger partial charge in [-0.3, -0.25) is 9.11 Å². The molecule has 26 heteroatoms. The molecule has 6 aromatic carbocycles. The van der Waals surface area contributed by atoms with Gasteiger partial charge in [0, 0.05) is 91.4 Å². The Morgan fingerprint density at radius 3 is 1.25 bits per heavy atom. The molecule has 0 aromatic heterocycles. The first-order chi connectivity index (χ1) is 47.6. The normalized spacial score (nSPS) is 14.5. The summed E-state index contributed by atoms with van der Waals surface area (Å²) in [5, 5.41) is 0. The molecule has 100 heavy (non-hydrogen) atoms. The van der Waals surface area contributed by atoms with Gasteiger partial charge < -0.3 is 18.9 Å². The molecule has 0 radical (unpaired) electrons. The summed E-state index contributed by atoms with van der Waals surface area (Å²) in [5.74, 6) is 0. The highest BCUT2D eigenvalue weighted by molar-refractivity contribution is 7.86. The predicted molar refractivity (Wildman–Crippen MR) is 389 cm³/mol.